The van der Waals surface area contributed by atoms with E-state index in [9.17, 15) is 4.79 Å². The molecule has 1 fully saturated rings. The number of carbonyl (C=O) groups is 1. The van der Waals surface area contributed by atoms with E-state index in [0.29, 0.717) is 12.3 Å². The van der Waals surface area contributed by atoms with Crippen LogP contribution in [0.3, 0.4) is 0 Å². The molecule has 1 aromatic heterocycles. The molecule has 0 aliphatic carbocycles. The van der Waals surface area contributed by atoms with Crippen molar-refractivity contribution in [2.24, 2.45) is 5.92 Å². The van der Waals surface area contributed by atoms with Gasteiger partial charge in [0.05, 0.1) is 17.4 Å². The molecular formula is C16H23ClN4O. The van der Waals surface area contributed by atoms with Crippen molar-refractivity contribution in [2.75, 3.05) is 18.4 Å². The summed E-state index contributed by atoms with van der Waals surface area (Å²) in [6.45, 7) is 4.21. The van der Waals surface area contributed by atoms with Gasteiger partial charge in [-0.3, -0.25) is 9.89 Å². The zero-order chi connectivity index (χ0) is 14.7. The molecule has 0 unspecified atom stereocenters. The maximum atomic E-state index is 12.1. The van der Waals surface area contributed by atoms with Gasteiger partial charge in [-0.05, 0) is 56.8 Å². The predicted molar refractivity (Wildman–Crippen MR) is 91.5 cm³/mol. The normalized spacial score (nSPS) is 15.5. The summed E-state index contributed by atoms with van der Waals surface area (Å²) in [5.41, 5.74) is 2.89. The highest BCUT2D eigenvalue weighted by Crippen LogP contribution is 2.25. The summed E-state index contributed by atoms with van der Waals surface area (Å²) in [6.07, 6.45) is 5.74. The SMILES string of the molecule is Cc1ccc(NC(=O)CCC2CCNCC2)c2[nH]ncc12.Cl. The molecular weight excluding hydrogens is 300 g/mol. The van der Waals surface area contributed by atoms with Crippen LogP contribution in [0.5, 0.6) is 0 Å². The van der Waals surface area contributed by atoms with E-state index in [-0.39, 0.29) is 18.3 Å². The molecule has 6 heteroatoms. The van der Waals surface area contributed by atoms with Crippen LogP contribution in [0, 0.1) is 12.8 Å². The molecule has 120 valence electrons. The third kappa shape index (κ3) is 3.78. The standard InChI is InChI=1S/C16H22N4O.ClH/c1-11-2-4-14(16-13(11)10-18-20-16)19-15(21)5-3-12-6-8-17-9-7-12;/h2,4,10,12,17H,3,5-9H2,1H3,(H,18,20)(H,19,21);1H. The molecule has 1 aromatic carbocycles. The van der Waals surface area contributed by atoms with Crippen LogP contribution in [0.25, 0.3) is 10.9 Å². The monoisotopic (exact) mass is 322 g/mol. The molecule has 2 aromatic rings. The van der Waals surface area contributed by atoms with Crippen molar-refractivity contribution >= 4 is 34.9 Å². The Morgan fingerprint density at radius 2 is 2.14 bits per heavy atom. The van der Waals surface area contributed by atoms with Crippen molar-refractivity contribution in [1.82, 2.24) is 15.5 Å². The summed E-state index contributed by atoms with van der Waals surface area (Å²) in [6, 6.07) is 3.96. The first kappa shape index (κ1) is 16.8. The van der Waals surface area contributed by atoms with Gasteiger partial charge in [0.25, 0.3) is 0 Å². The van der Waals surface area contributed by atoms with Gasteiger partial charge >= 0.3 is 0 Å². The Morgan fingerprint density at radius 3 is 2.91 bits per heavy atom. The number of nitrogens with one attached hydrogen (secondary N) is 3. The van der Waals surface area contributed by atoms with Gasteiger partial charge in [0, 0.05) is 11.8 Å². The lowest BCUT2D eigenvalue weighted by Crippen LogP contribution is -2.28. The quantitative estimate of drug-likeness (QED) is 0.810. The number of H-pyrrole nitrogens is 1. The van der Waals surface area contributed by atoms with Gasteiger partial charge in [0.1, 0.15) is 0 Å². The van der Waals surface area contributed by atoms with Gasteiger partial charge < -0.3 is 10.6 Å². The third-order valence-electron chi connectivity index (χ3n) is 4.35. The van der Waals surface area contributed by atoms with Crippen molar-refractivity contribution in [3.63, 3.8) is 0 Å². The minimum Gasteiger partial charge on any atom is -0.324 e. The van der Waals surface area contributed by atoms with E-state index >= 15 is 0 Å². The summed E-state index contributed by atoms with van der Waals surface area (Å²) >= 11 is 0. The topological polar surface area (TPSA) is 69.8 Å². The number of anilines is 1. The highest BCUT2D eigenvalue weighted by Gasteiger charge is 2.15. The van der Waals surface area contributed by atoms with E-state index in [1.54, 1.807) is 6.20 Å². The number of carbonyl (C=O) groups excluding carboxylic acids is 1. The van der Waals surface area contributed by atoms with Crippen LogP contribution in [-0.2, 0) is 4.79 Å². The number of amides is 1. The van der Waals surface area contributed by atoms with E-state index in [0.717, 1.165) is 41.7 Å². The van der Waals surface area contributed by atoms with Crippen molar-refractivity contribution in [3.05, 3.63) is 23.9 Å². The highest BCUT2D eigenvalue weighted by molar-refractivity contribution is 6.01. The molecule has 1 aliphatic heterocycles. The fourth-order valence-corrected chi connectivity index (χ4v) is 2.99. The maximum Gasteiger partial charge on any atom is 0.224 e. The Morgan fingerprint density at radius 1 is 1.36 bits per heavy atom. The van der Waals surface area contributed by atoms with Crippen LogP contribution in [0.15, 0.2) is 18.3 Å². The number of halogens is 1. The first-order valence-corrected chi connectivity index (χ1v) is 7.67. The summed E-state index contributed by atoms with van der Waals surface area (Å²) in [5.74, 6) is 0.774. The molecule has 22 heavy (non-hydrogen) atoms. The van der Waals surface area contributed by atoms with Gasteiger partial charge in [-0.1, -0.05) is 6.07 Å². The average Bonchev–Trinajstić information content (AvgIpc) is 3.00. The number of rotatable bonds is 4. The molecule has 0 spiro atoms. The van der Waals surface area contributed by atoms with Crippen LogP contribution in [0.4, 0.5) is 5.69 Å². The number of fused-ring (bicyclic) bond motifs is 1. The number of hydrogen-bond donors (Lipinski definition) is 3. The molecule has 3 N–H and O–H groups in total. The molecule has 1 saturated heterocycles. The molecule has 1 aliphatic rings. The van der Waals surface area contributed by atoms with Crippen LogP contribution in [0.2, 0.25) is 0 Å². The Labute approximate surface area is 136 Å². The van der Waals surface area contributed by atoms with Crippen LogP contribution < -0.4 is 10.6 Å². The second-order valence-corrected chi connectivity index (χ2v) is 5.87. The lowest BCUT2D eigenvalue weighted by atomic mass is 9.93. The van der Waals surface area contributed by atoms with E-state index in [1.165, 1.54) is 12.8 Å². The largest absolute Gasteiger partial charge is 0.324 e. The molecule has 2 heterocycles. The summed E-state index contributed by atoms with van der Waals surface area (Å²) in [4.78, 5) is 12.1. The van der Waals surface area contributed by atoms with E-state index in [2.05, 4.69) is 20.8 Å². The van der Waals surface area contributed by atoms with Crippen LogP contribution in [0.1, 0.15) is 31.2 Å². The Kier molecular flexibility index (Phi) is 5.80. The number of benzene rings is 1. The Balaban J connectivity index is 0.00000176. The Hall–Kier alpha value is -1.59. The van der Waals surface area contributed by atoms with Crippen molar-refractivity contribution < 1.29 is 4.79 Å². The zero-order valence-corrected chi connectivity index (χ0v) is 13.6. The molecule has 3 rings (SSSR count). The van der Waals surface area contributed by atoms with Gasteiger partial charge in [-0.2, -0.15) is 5.10 Å². The molecule has 1 amide bonds. The number of nitrogens with zero attached hydrogens (tertiary/aromatic N) is 1. The zero-order valence-electron chi connectivity index (χ0n) is 12.8. The fraction of sp³-hybridized carbons (Fsp3) is 0.500. The predicted octanol–water partition coefficient (Wildman–Crippen LogP) is 3.01. The molecule has 0 bridgehead atoms. The highest BCUT2D eigenvalue weighted by atomic mass is 35.5. The smallest absolute Gasteiger partial charge is 0.224 e. The van der Waals surface area contributed by atoms with E-state index in [1.807, 2.05) is 19.1 Å². The van der Waals surface area contributed by atoms with E-state index < -0.39 is 0 Å². The van der Waals surface area contributed by atoms with Gasteiger partial charge in [0.15, 0.2) is 0 Å². The lowest BCUT2D eigenvalue weighted by molar-refractivity contribution is -0.116. The summed E-state index contributed by atoms with van der Waals surface area (Å²) < 4.78 is 0. The van der Waals surface area contributed by atoms with Crippen molar-refractivity contribution in [1.29, 1.82) is 0 Å². The molecule has 0 saturated carbocycles. The first-order chi connectivity index (χ1) is 10.2. The second kappa shape index (κ2) is 7.61. The Bertz CT molecular complexity index is 634. The minimum absolute atomic E-state index is 0. The summed E-state index contributed by atoms with van der Waals surface area (Å²) in [7, 11) is 0. The fourth-order valence-electron chi connectivity index (χ4n) is 2.99. The number of aromatic amines is 1. The number of aromatic nitrogens is 2. The van der Waals surface area contributed by atoms with Gasteiger partial charge in [0.2, 0.25) is 5.91 Å². The maximum absolute atomic E-state index is 12.1. The van der Waals surface area contributed by atoms with Crippen LogP contribution in [-0.4, -0.2) is 29.2 Å². The van der Waals surface area contributed by atoms with Crippen molar-refractivity contribution in [3.8, 4) is 0 Å². The molecule has 5 nitrogen and oxygen atoms in total. The average molecular weight is 323 g/mol. The molecule has 0 atom stereocenters. The number of aryl methyl sites for hydroxylation is 1. The van der Waals surface area contributed by atoms with Gasteiger partial charge in [-0.15, -0.1) is 12.4 Å². The lowest BCUT2D eigenvalue weighted by Gasteiger charge is -2.22. The minimum atomic E-state index is 0. The molecule has 0 radical (unpaired) electrons. The summed E-state index contributed by atoms with van der Waals surface area (Å²) in [5, 5.41) is 14.5. The number of hydrogen-bond acceptors (Lipinski definition) is 3. The van der Waals surface area contributed by atoms with Crippen LogP contribution >= 0.6 is 12.4 Å². The first-order valence-electron chi connectivity index (χ1n) is 7.67. The second-order valence-electron chi connectivity index (χ2n) is 5.87. The van der Waals surface area contributed by atoms with Gasteiger partial charge in [-0.25, -0.2) is 0 Å². The third-order valence-corrected chi connectivity index (χ3v) is 4.35. The number of piperidine rings is 1. The van der Waals surface area contributed by atoms with E-state index in [4.69, 9.17) is 0 Å². The van der Waals surface area contributed by atoms with Crippen molar-refractivity contribution in [2.45, 2.75) is 32.6 Å².